The lowest BCUT2D eigenvalue weighted by atomic mass is 9.95. The SMILES string of the molecule is Cc1occc1C(=O)N1CC[C@@H]2[C@H]1CCC(=O)N2CC1CC1. The first-order valence-electron chi connectivity index (χ1n) is 8.29. The summed E-state index contributed by atoms with van der Waals surface area (Å²) in [5.41, 5.74) is 0.659. The van der Waals surface area contributed by atoms with Gasteiger partial charge in [-0.1, -0.05) is 0 Å². The summed E-state index contributed by atoms with van der Waals surface area (Å²) in [5, 5.41) is 0. The molecule has 2 amide bonds. The van der Waals surface area contributed by atoms with E-state index < -0.39 is 0 Å². The van der Waals surface area contributed by atoms with Crippen LogP contribution < -0.4 is 0 Å². The van der Waals surface area contributed by atoms with Crippen molar-refractivity contribution >= 4 is 11.8 Å². The molecule has 0 bridgehead atoms. The second-order valence-corrected chi connectivity index (χ2v) is 6.84. The minimum atomic E-state index is 0.0551. The summed E-state index contributed by atoms with van der Waals surface area (Å²) in [7, 11) is 0. The van der Waals surface area contributed by atoms with Crippen LogP contribution in [0.25, 0.3) is 0 Å². The van der Waals surface area contributed by atoms with Crippen LogP contribution in [-0.4, -0.2) is 46.8 Å². The van der Waals surface area contributed by atoms with E-state index in [1.54, 1.807) is 12.3 Å². The lowest BCUT2D eigenvalue weighted by Gasteiger charge is -2.39. The molecule has 0 unspecified atom stereocenters. The van der Waals surface area contributed by atoms with Crippen LogP contribution in [0.15, 0.2) is 16.7 Å². The number of carbonyl (C=O) groups excluding carboxylic acids is 2. The van der Waals surface area contributed by atoms with Gasteiger partial charge in [0, 0.05) is 19.5 Å². The highest BCUT2D eigenvalue weighted by atomic mass is 16.3. The molecule has 2 atom stereocenters. The molecule has 3 heterocycles. The predicted octanol–water partition coefficient (Wildman–Crippen LogP) is 2.20. The van der Waals surface area contributed by atoms with Crippen molar-refractivity contribution in [1.82, 2.24) is 9.80 Å². The van der Waals surface area contributed by atoms with E-state index in [-0.39, 0.29) is 23.9 Å². The van der Waals surface area contributed by atoms with Gasteiger partial charge in [0.1, 0.15) is 5.76 Å². The van der Waals surface area contributed by atoms with Crippen LogP contribution in [0.2, 0.25) is 0 Å². The van der Waals surface area contributed by atoms with Gasteiger partial charge in [0.2, 0.25) is 5.91 Å². The second kappa shape index (κ2) is 5.14. The molecule has 2 saturated heterocycles. The molecule has 0 radical (unpaired) electrons. The number of hydrogen-bond acceptors (Lipinski definition) is 3. The minimum Gasteiger partial charge on any atom is -0.469 e. The number of fused-ring (bicyclic) bond motifs is 1. The fraction of sp³-hybridized carbons (Fsp3) is 0.647. The van der Waals surface area contributed by atoms with Gasteiger partial charge in [0.05, 0.1) is 23.9 Å². The summed E-state index contributed by atoms with van der Waals surface area (Å²) in [6.45, 7) is 3.46. The third-order valence-electron chi connectivity index (χ3n) is 5.39. The average Bonchev–Trinajstić information content (AvgIpc) is 3.05. The highest BCUT2D eigenvalue weighted by Gasteiger charge is 2.46. The summed E-state index contributed by atoms with van der Waals surface area (Å²) in [6.07, 6.45) is 6.34. The Kier molecular flexibility index (Phi) is 3.24. The number of amides is 2. The maximum atomic E-state index is 12.8. The number of aryl methyl sites for hydroxylation is 1. The molecule has 5 nitrogen and oxygen atoms in total. The van der Waals surface area contributed by atoms with Crippen molar-refractivity contribution in [3.8, 4) is 0 Å². The molecule has 2 aliphatic heterocycles. The van der Waals surface area contributed by atoms with E-state index in [0.29, 0.717) is 23.7 Å². The molecule has 118 valence electrons. The van der Waals surface area contributed by atoms with Crippen LogP contribution in [-0.2, 0) is 4.79 Å². The molecule has 1 aromatic rings. The van der Waals surface area contributed by atoms with Crippen LogP contribution in [0, 0.1) is 12.8 Å². The second-order valence-electron chi connectivity index (χ2n) is 6.84. The van der Waals surface area contributed by atoms with Crippen molar-refractivity contribution in [2.75, 3.05) is 13.1 Å². The Bertz CT molecular complexity index is 605. The Morgan fingerprint density at radius 1 is 1.27 bits per heavy atom. The highest BCUT2D eigenvalue weighted by Crippen LogP contribution is 2.37. The van der Waals surface area contributed by atoms with E-state index in [1.807, 2.05) is 11.8 Å². The van der Waals surface area contributed by atoms with Gasteiger partial charge in [-0.05, 0) is 44.6 Å². The maximum absolute atomic E-state index is 12.8. The molecule has 4 rings (SSSR count). The summed E-state index contributed by atoms with van der Waals surface area (Å²) in [5.74, 6) is 1.71. The number of carbonyl (C=O) groups is 2. The molecule has 3 fully saturated rings. The quantitative estimate of drug-likeness (QED) is 0.860. The van der Waals surface area contributed by atoms with Gasteiger partial charge in [-0.25, -0.2) is 0 Å². The van der Waals surface area contributed by atoms with Crippen molar-refractivity contribution in [3.05, 3.63) is 23.7 Å². The summed E-state index contributed by atoms with van der Waals surface area (Å²) >= 11 is 0. The van der Waals surface area contributed by atoms with Gasteiger partial charge in [-0.2, -0.15) is 0 Å². The Morgan fingerprint density at radius 3 is 2.77 bits per heavy atom. The summed E-state index contributed by atoms with van der Waals surface area (Å²) in [4.78, 5) is 29.1. The number of furan rings is 1. The van der Waals surface area contributed by atoms with Crippen molar-refractivity contribution in [3.63, 3.8) is 0 Å². The molecule has 0 N–H and O–H groups in total. The number of likely N-dealkylation sites (tertiary alicyclic amines) is 2. The van der Waals surface area contributed by atoms with E-state index in [0.717, 1.165) is 25.9 Å². The van der Waals surface area contributed by atoms with Crippen LogP contribution in [0.4, 0.5) is 0 Å². The fourth-order valence-corrected chi connectivity index (χ4v) is 3.98. The van der Waals surface area contributed by atoms with Crippen LogP contribution in [0.5, 0.6) is 0 Å². The molecule has 22 heavy (non-hydrogen) atoms. The van der Waals surface area contributed by atoms with Crippen LogP contribution in [0.1, 0.15) is 48.2 Å². The Balaban J connectivity index is 1.54. The van der Waals surface area contributed by atoms with Gasteiger partial charge in [0.15, 0.2) is 0 Å². The van der Waals surface area contributed by atoms with Crippen molar-refractivity contribution < 1.29 is 14.0 Å². The third-order valence-corrected chi connectivity index (χ3v) is 5.39. The Morgan fingerprint density at radius 2 is 2.09 bits per heavy atom. The molecule has 1 aliphatic carbocycles. The lowest BCUT2D eigenvalue weighted by molar-refractivity contribution is -0.137. The monoisotopic (exact) mass is 302 g/mol. The normalized spacial score (nSPS) is 28.1. The molecule has 1 aromatic heterocycles. The van der Waals surface area contributed by atoms with Gasteiger partial charge >= 0.3 is 0 Å². The van der Waals surface area contributed by atoms with E-state index in [4.69, 9.17) is 4.42 Å². The molecular formula is C17H22N2O3. The van der Waals surface area contributed by atoms with Gasteiger partial charge in [-0.15, -0.1) is 0 Å². The largest absolute Gasteiger partial charge is 0.469 e. The van der Waals surface area contributed by atoms with E-state index in [9.17, 15) is 9.59 Å². The van der Waals surface area contributed by atoms with E-state index in [1.165, 1.54) is 12.8 Å². The number of piperidine rings is 1. The van der Waals surface area contributed by atoms with Crippen molar-refractivity contribution in [2.45, 2.75) is 51.1 Å². The Hall–Kier alpha value is -1.78. The smallest absolute Gasteiger partial charge is 0.257 e. The molecule has 0 spiro atoms. The summed E-state index contributed by atoms with van der Waals surface area (Å²) < 4.78 is 5.27. The lowest BCUT2D eigenvalue weighted by Crippen LogP contribution is -2.53. The van der Waals surface area contributed by atoms with Gasteiger partial charge in [-0.3, -0.25) is 9.59 Å². The minimum absolute atomic E-state index is 0.0551. The Labute approximate surface area is 130 Å². The fourth-order valence-electron chi connectivity index (χ4n) is 3.98. The molecule has 3 aliphatic rings. The summed E-state index contributed by atoms with van der Waals surface area (Å²) in [6, 6.07) is 2.15. The molecular weight excluding hydrogens is 280 g/mol. The topological polar surface area (TPSA) is 53.8 Å². The first kappa shape index (κ1) is 13.9. The highest BCUT2D eigenvalue weighted by molar-refractivity contribution is 5.95. The van der Waals surface area contributed by atoms with Gasteiger partial charge < -0.3 is 14.2 Å². The first-order valence-corrected chi connectivity index (χ1v) is 8.29. The van der Waals surface area contributed by atoms with Crippen LogP contribution >= 0.6 is 0 Å². The average molecular weight is 302 g/mol. The zero-order valence-corrected chi connectivity index (χ0v) is 13.0. The van der Waals surface area contributed by atoms with E-state index >= 15 is 0 Å². The zero-order valence-electron chi connectivity index (χ0n) is 13.0. The molecule has 1 saturated carbocycles. The van der Waals surface area contributed by atoms with Gasteiger partial charge in [0.25, 0.3) is 5.91 Å². The molecule has 0 aromatic carbocycles. The maximum Gasteiger partial charge on any atom is 0.257 e. The van der Waals surface area contributed by atoms with Crippen molar-refractivity contribution in [2.24, 2.45) is 5.92 Å². The first-order chi connectivity index (χ1) is 10.6. The zero-order chi connectivity index (χ0) is 15.3. The van der Waals surface area contributed by atoms with Crippen LogP contribution in [0.3, 0.4) is 0 Å². The molecule has 5 heteroatoms. The van der Waals surface area contributed by atoms with E-state index in [2.05, 4.69) is 4.90 Å². The number of rotatable bonds is 3. The van der Waals surface area contributed by atoms with Crippen molar-refractivity contribution in [1.29, 1.82) is 0 Å². The standard InChI is InChI=1S/C17H22N2O3/c1-11-13(7-9-22-11)17(21)18-8-6-15-14(18)4-5-16(20)19(15)10-12-2-3-12/h7,9,12,14-15H,2-6,8,10H2,1H3/t14-,15-/m1/s1. The number of nitrogens with zero attached hydrogens (tertiary/aromatic N) is 2. The third kappa shape index (κ3) is 2.23. The predicted molar refractivity (Wildman–Crippen MR) is 80.3 cm³/mol. The number of hydrogen-bond donors (Lipinski definition) is 0.